The Labute approximate surface area is 203 Å². The van der Waals surface area contributed by atoms with Gasteiger partial charge < -0.3 is 9.74 Å². The summed E-state index contributed by atoms with van der Waals surface area (Å²) in [5, 5.41) is 12.0. The molecule has 0 radical (unpaired) electrons. The van der Waals surface area contributed by atoms with E-state index in [1.54, 1.807) is 6.20 Å². The van der Waals surface area contributed by atoms with Crippen molar-refractivity contribution in [1.29, 1.82) is 0 Å². The van der Waals surface area contributed by atoms with E-state index in [9.17, 15) is 8.78 Å². The van der Waals surface area contributed by atoms with E-state index in [0.29, 0.717) is 29.0 Å². The summed E-state index contributed by atoms with van der Waals surface area (Å²) in [6, 6.07) is 9.56. The molecule has 1 atom stereocenters. The molecule has 0 bridgehead atoms. The molecule has 1 unspecified atom stereocenters. The quantitative estimate of drug-likeness (QED) is 0.377. The summed E-state index contributed by atoms with van der Waals surface area (Å²) in [6.07, 6.45) is 7.76. The third-order valence-electron chi connectivity index (χ3n) is 6.84. The van der Waals surface area contributed by atoms with E-state index in [4.69, 9.17) is 4.84 Å². The SMILES string of the molecule is CCON=C(c1ccc(F)c(F)c1)c1ccc(CN2CCC3(CCN(c4ccnnc4)C3)C2)cn1. The zero-order chi connectivity index (χ0) is 24.3. The van der Waals surface area contributed by atoms with E-state index in [0.717, 1.165) is 56.1 Å². The van der Waals surface area contributed by atoms with Gasteiger partial charge in [-0.25, -0.2) is 8.78 Å². The number of halogens is 2. The highest BCUT2D eigenvalue weighted by molar-refractivity contribution is 6.11. The Morgan fingerprint density at radius 2 is 1.91 bits per heavy atom. The van der Waals surface area contributed by atoms with Gasteiger partial charge in [0.1, 0.15) is 12.3 Å². The first-order valence-corrected chi connectivity index (χ1v) is 11.9. The lowest BCUT2D eigenvalue weighted by molar-refractivity contribution is 0.159. The van der Waals surface area contributed by atoms with Crippen molar-refractivity contribution in [2.75, 3.05) is 37.7 Å². The van der Waals surface area contributed by atoms with Crippen molar-refractivity contribution < 1.29 is 13.6 Å². The van der Waals surface area contributed by atoms with Crippen LogP contribution in [0.25, 0.3) is 0 Å². The van der Waals surface area contributed by atoms with E-state index in [-0.39, 0.29) is 0 Å². The number of anilines is 1. The lowest BCUT2D eigenvalue weighted by Crippen LogP contribution is -2.30. The van der Waals surface area contributed by atoms with E-state index < -0.39 is 11.6 Å². The molecule has 2 aliphatic rings. The highest BCUT2D eigenvalue weighted by Crippen LogP contribution is 2.41. The molecule has 9 heteroatoms. The minimum atomic E-state index is -0.933. The van der Waals surface area contributed by atoms with Crippen LogP contribution >= 0.6 is 0 Å². The van der Waals surface area contributed by atoms with Crippen molar-refractivity contribution in [2.24, 2.45) is 10.6 Å². The van der Waals surface area contributed by atoms with Gasteiger partial charge in [0.25, 0.3) is 0 Å². The Bertz CT molecular complexity index is 1190. The van der Waals surface area contributed by atoms with Crippen LogP contribution in [0, 0.1) is 17.0 Å². The molecule has 0 amide bonds. The Hall–Kier alpha value is -3.46. The van der Waals surface area contributed by atoms with Crippen LogP contribution < -0.4 is 4.90 Å². The third-order valence-corrected chi connectivity index (χ3v) is 6.84. The van der Waals surface area contributed by atoms with Crippen molar-refractivity contribution in [3.05, 3.63) is 83.4 Å². The van der Waals surface area contributed by atoms with Crippen LogP contribution in [0.1, 0.15) is 36.6 Å². The van der Waals surface area contributed by atoms with Crippen molar-refractivity contribution in [3.63, 3.8) is 0 Å². The van der Waals surface area contributed by atoms with Crippen LogP contribution in [-0.2, 0) is 11.4 Å². The van der Waals surface area contributed by atoms with Gasteiger partial charge in [-0.15, -0.1) is 0 Å². The molecule has 1 aromatic carbocycles. The number of pyridine rings is 1. The van der Waals surface area contributed by atoms with Crippen molar-refractivity contribution in [1.82, 2.24) is 20.1 Å². The van der Waals surface area contributed by atoms with Gasteiger partial charge in [-0.2, -0.15) is 10.2 Å². The van der Waals surface area contributed by atoms with E-state index in [2.05, 4.69) is 30.1 Å². The molecule has 3 aromatic rings. The highest BCUT2D eigenvalue weighted by atomic mass is 19.2. The number of likely N-dealkylation sites (tertiary alicyclic amines) is 1. The molecular formula is C26H28F2N6O. The summed E-state index contributed by atoms with van der Waals surface area (Å²) in [4.78, 5) is 14.7. The van der Waals surface area contributed by atoms with Crippen LogP contribution in [-0.4, -0.2) is 58.6 Å². The summed E-state index contributed by atoms with van der Waals surface area (Å²) in [6.45, 7) is 7.17. The lowest BCUT2D eigenvalue weighted by atomic mass is 9.86. The lowest BCUT2D eigenvalue weighted by Gasteiger charge is -2.25. The maximum absolute atomic E-state index is 13.8. The maximum Gasteiger partial charge on any atom is 0.159 e. The van der Waals surface area contributed by atoms with E-state index in [1.165, 1.54) is 18.9 Å². The Morgan fingerprint density at radius 1 is 1.03 bits per heavy atom. The molecule has 2 saturated heterocycles. The van der Waals surface area contributed by atoms with Crippen LogP contribution in [0.15, 0.2) is 60.1 Å². The molecular weight excluding hydrogens is 450 g/mol. The van der Waals surface area contributed by atoms with Crippen molar-refractivity contribution >= 4 is 11.4 Å². The first-order chi connectivity index (χ1) is 17.0. The molecule has 2 aliphatic heterocycles. The van der Waals surface area contributed by atoms with Crippen LogP contribution in [0.3, 0.4) is 0 Å². The standard InChI is InChI=1S/C26H28F2N6O/c1-2-35-32-25(20-4-5-22(27)23(28)13-20)24-6-3-19(14-29-24)16-33-11-8-26(17-33)9-12-34(18-26)21-7-10-30-31-15-21/h3-7,10,13-15H,2,8-9,11-12,16-18H2,1H3. The summed E-state index contributed by atoms with van der Waals surface area (Å²) in [5.74, 6) is -1.84. The minimum Gasteiger partial charge on any atom is -0.396 e. The fraction of sp³-hybridized carbons (Fsp3) is 0.385. The Balaban J connectivity index is 1.25. The molecule has 35 heavy (non-hydrogen) atoms. The Morgan fingerprint density at radius 3 is 2.66 bits per heavy atom. The molecule has 2 aromatic heterocycles. The van der Waals surface area contributed by atoms with Gasteiger partial charge in [-0.05, 0) is 62.2 Å². The number of nitrogens with zero attached hydrogens (tertiary/aromatic N) is 6. The van der Waals surface area contributed by atoms with Crippen molar-refractivity contribution in [3.8, 4) is 0 Å². The summed E-state index contributed by atoms with van der Waals surface area (Å²) in [7, 11) is 0. The van der Waals surface area contributed by atoms with Crippen LogP contribution in [0.5, 0.6) is 0 Å². The molecule has 7 nitrogen and oxygen atoms in total. The van der Waals surface area contributed by atoms with Gasteiger partial charge in [0, 0.05) is 43.4 Å². The topological polar surface area (TPSA) is 66.7 Å². The number of rotatable bonds is 7. The molecule has 0 N–H and O–H groups in total. The number of hydrogen-bond donors (Lipinski definition) is 0. The normalized spacial score (nSPS) is 20.7. The fourth-order valence-electron chi connectivity index (χ4n) is 5.06. The average molecular weight is 479 g/mol. The fourth-order valence-corrected chi connectivity index (χ4v) is 5.06. The number of oxime groups is 1. The smallest absolute Gasteiger partial charge is 0.159 e. The first-order valence-electron chi connectivity index (χ1n) is 11.9. The molecule has 5 rings (SSSR count). The molecule has 1 spiro atoms. The molecule has 4 heterocycles. The Kier molecular flexibility index (Phi) is 6.68. The van der Waals surface area contributed by atoms with Gasteiger partial charge in [-0.3, -0.25) is 9.88 Å². The predicted octanol–water partition coefficient (Wildman–Crippen LogP) is 4.04. The summed E-state index contributed by atoms with van der Waals surface area (Å²) in [5.41, 5.74) is 3.87. The second-order valence-electron chi connectivity index (χ2n) is 9.27. The second-order valence-corrected chi connectivity index (χ2v) is 9.27. The van der Waals surface area contributed by atoms with Gasteiger partial charge in [0.05, 0.1) is 23.8 Å². The van der Waals surface area contributed by atoms with Gasteiger partial charge in [0.2, 0.25) is 0 Å². The highest BCUT2D eigenvalue weighted by Gasteiger charge is 2.43. The van der Waals surface area contributed by atoms with E-state index in [1.807, 2.05) is 37.5 Å². The number of benzene rings is 1. The minimum absolute atomic E-state index is 0.306. The first kappa shape index (κ1) is 23.3. The van der Waals surface area contributed by atoms with Gasteiger partial charge in [0.15, 0.2) is 11.6 Å². The number of hydrogen-bond acceptors (Lipinski definition) is 7. The largest absolute Gasteiger partial charge is 0.396 e. The van der Waals surface area contributed by atoms with Gasteiger partial charge >= 0.3 is 0 Å². The van der Waals surface area contributed by atoms with Gasteiger partial charge in [-0.1, -0.05) is 11.2 Å². The molecule has 0 aliphatic carbocycles. The second kappa shape index (κ2) is 10.0. The monoisotopic (exact) mass is 478 g/mol. The zero-order valence-electron chi connectivity index (χ0n) is 19.7. The summed E-state index contributed by atoms with van der Waals surface area (Å²) >= 11 is 0. The van der Waals surface area contributed by atoms with Crippen molar-refractivity contribution in [2.45, 2.75) is 26.3 Å². The average Bonchev–Trinajstić information content (AvgIpc) is 3.49. The third kappa shape index (κ3) is 5.14. The summed E-state index contributed by atoms with van der Waals surface area (Å²) < 4.78 is 27.2. The number of aromatic nitrogens is 3. The predicted molar refractivity (Wildman–Crippen MR) is 129 cm³/mol. The van der Waals surface area contributed by atoms with E-state index >= 15 is 0 Å². The van der Waals surface area contributed by atoms with Crippen LogP contribution in [0.2, 0.25) is 0 Å². The molecule has 0 saturated carbocycles. The molecule has 182 valence electrons. The van der Waals surface area contributed by atoms with Crippen LogP contribution in [0.4, 0.5) is 14.5 Å². The zero-order valence-corrected chi connectivity index (χ0v) is 19.7. The molecule has 2 fully saturated rings. The maximum atomic E-state index is 13.8.